The number of hydrogen-bond acceptors (Lipinski definition) is 7. The second-order valence-electron chi connectivity index (χ2n) is 8.33. The highest BCUT2D eigenvalue weighted by molar-refractivity contribution is 14.2. The van der Waals surface area contributed by atoms with Gasteiger partial charge in [-0.05, 0) is 72.6 Å². The van der Waals surface area contributed by atoms with Gasteiger partial charge < -0.3 is 14.7 Å². The summed E-state index contributed by atoms with van der Waals surface area (Å²) in [6.45, 7) is 8.81. The molecule has 182 valence electrons. The number of ether oxygens (including phenoxy) is 1. The van der Waals surface area contributed by atoms with Gasteiger partial charge in [-0.15, -0.1) is 11.8 Å². The minimum Gasteiger partial charge on any atom is -0.508 e. The van der Waals surface area contributed by atoms with Crippen LogP contribution in [0.25, 0.3) is 0 Å². The number of unbranched alkanes of at least 4 members (excludes halogenated alkanes) is 2. The van der Waals surface area contributed by atoms with Crippen LogP contribution in [0.4, 0.5) is 0 Å². The zero-order valence-electron chi connectivity index (χ0n) is 19.8. The molecule has 1 amide bonds. The maximum atomic E-state index is 13.8. The van der Waals surface area contributed by atoms with Gasteiger partial charge in [0.15, 0.2) is 0 Å². The summed E-state index contributed by atoms with van der Waals surface area (Å²) in [5.41, 5.74) is 0.211. The SMILES string of the molecule is CCN(CC)CCSC1=C(C)C(=O)N(C)[C@]12Oc1c(ccc(O)c1CCCCCSI)C2=O. The van der Waals surface area contributed by atoms with Crippen LogP contribution >= 0.6 is 41.9 Å². The lowest BCUT2D eigenvalue weighted by atomic mass is 9.98. The van der Waals surface area contributed by atoms with Crippen molar-refractivity contribution in [3.63, 3.8) is 0 Å². The first-order valence-corrected chi connectivity index (χ1v) is 16.0. The number of fused-ring (bicyclic) bond motifs is 1. The van der Waals surface area contributed by atoms with Crippen molar-refractivity contribution in [3.8, 4) is 11.5 Å². The number of likely N-dealkylation sites (N-methyl/N-ethyl adjacent to an activating group) is 1. The Morgan fingerprint density at radius 2 is 1.88 bits per heavy atom. The number of Topliss-reactive ketones (excluding diaryl/α,β-unsaturated/α-hetero) is 1. The molecule has 1 aromatic carbocycles. The van der Waals surface area contributed by atoms with Gasteiger partial charge in [0.1, 0.15) is 11.5 Å². The van der Waals surface area contributed by atoms with Crippen LogP contribution in [0.3, 0.4) is 0 Å². The third-order valence-electron chi connectivity index (χ3n) is 6.48. The van der Waals surface area contributed by atoms with Crippen LogP contribution < -0.4 is 4.74 Å². The summed E-state index contributed by atoms with van der Waals surface area (Å²) < 4.78 is 6.43. The lowest BCUT2D eigenvalue weighted by Gasteiger charge is -2.32. The third-order valence-corrected chi connectivity index (χ3v) is 9.50. The van der Waals surface area contributed by atoms with Crippen LogP contribution in [0.15, 0.2) is 22.6 Å². The maximum Gasteiger partial charge on any atom is 0.282 e. The lowest BCUT2D eigenvalue weighted by molar-refractivity contribution is -0.132. The van der Waals surface area contributed by atoms with Crippen LogP contribution in [0.5, 0.6) is 11.5 Å². The smallest absolute Gasteiger partial charge is 0.282 e. The number of phenolic OH excluding ortho intramolecular Hbond substituents is 1. The topological polar surface area (TPSA) is 70.1 Å². The highest BCUT2D eigenvalue weighted by Gasteiger charge is 2.61. The molecule has 2 aliphatic rings. The third kappa shape index (κ3) is 5.06. The van der Waals surface area contributed by atoms with Crippen molar-refractivity contribution in [2.75, 3.05) is 38.2 Å². The molecule has 0 radical (unpaired) electrons. The number of thioether (sulfide) groups is 1. The first kappa shape index (κ1) is 26.7. The Hall–Kier alpha value is -0.910. The minimum absolute atomic E-state index is 0.144. The number of amides is 1. The molecule has 0 saturated carbocycles. The summed E-state index contributed by atoms with van der Waals surface area (Å²) in [5, 5.41) is 10.6. The monoisotopic (exact) mass is 604 g/mol. The van der Waals surface area contributed by atoms with Crippen LogP contribution in [-0.4, -0.2) is 70.5 Å². The number of carbonyl (C=O) groups excluding carboxylic acids is 2. The van der Waals surface area contributed by atoms with Crippen molar-refractivity contribution in [3.05, 3.63) is 33.7 Å². The summed E-state index contributed by atoms with van der Waals surface area (Å²) in [4.78, 5) is 31.1. The second kappa shape index (κ2) is 11.7. The molecule has 1 atom stereocenters. The van der Waals surface area contributed by atoms with Gasteiger partial charge in [0.25, 0.3) is 11.6 Å². The quantitative estimate of drug-likeness (QED) is 0.257. The van der Waals surface area contributed by atoms with E-state index in [0.717, 1.165) is 50.4 Å². The molecule has 2 heterocycles. The van der Waals surface area contributed by atoms with E-state index < -0.39 is 5.72 Å². The normalized spacial score (nSPS) is 19.9. The molecule has 33 heavy (non-hydrogen) atoms. The number of carbonyl (C=O) groups is 2. The highest BCUT2D eigenvalue weighted by atomic mass is 127. The van der Waals surface area contributed by atoms with E-state index in [2.05, 4.69) is 40.0 Å². The van der Waals surface area contributed by atoms with Crippen LogP contribution in [0.2, 0.25) is 0 Å². The van der Waals surface area contributed by atoms with Gasteiger partial charge in [0.2, 0.25) is 5.78 Å². The van der Waals surface area contributed by atoms with Gasteiger partial charge in [-0.2, -0.15) is 0 Å². The Kier molecular flexibility index (Phi) is 9.45. The van der Waals surface area contributed by atoms with E-state index in [0.29, 0.717) is 33.8 Å². The van der Waals surface area contributed by atoms with E-state index in [4.69, 9.17) is 4.74 Å². The Balaban J connectivity index is 1.88. The predicted molar refractivity (Wildman–Crippen MR) is 146 cm³/mol. The Morgan fingerprint density at radius 3 is 2.55 bits per heavy atom. The Morgan fingerprint density at radius 1 is 1.15 bits per heavy atom. The molecule has 0 aliphatic carbocycles. The van der Waals surface area contributed by atoms with Crippen molar-refractivity contribution in [1.82, 2.24) is 9.80 Å². The second-order valence-corrected chi connectivity index (χ2v) is 11.9. The summed E-state index contributed by atoms with van der Waals surface area (Å²) in [5.74, 6) is 2.02. The fraction of sp³-hybridized carbons (Fsp3) is 0.583. The number of nitrogens with zero attached hydrogens (tertiary/aromatic N) is 2. The summed E-state index contributed by atoms with van der Waals surface area (Å²) in [7, 11) is 3.43. The van der Waals surface area contributed by atoms with E-state index in [9.17, 15) is 14.7 Å². The fourth-order valence-corrected chi connectivity index (χ4v) is 7.03. The van der Waals surface area contributed by atoms with Crippen molar-refractivity contribution in [1.29, 1.82) is 0 Å². The van der Waals surface area contributed by atoms with E-state index in [-0.39, 0.29) is 17.4 Å². The van der Waals surface area contributed by atoms with Crippen molar-refractivity contribution >= 4 is 53.6 Å². The van der Waals surface area contributed by atoms with Crippen LogP contribution in [0, 0.1) is 0 Å². The molecule has 1 spiro atoms. The first-order chi connectivity index (χ1) is 15.8. The standard InChI is InChI=1S/C24H33IN2O4S2/c1-5-27(6-2)13-15-32-22-16(3)23(30)26(4)24(22)21(29)18-11-12-19(28)17(20(18)31-24)10-8-7-9-14-33-25/h11-12,28H,5-10,13-15H2,1-4H3/t24-/m1/s1. The molecule has 0 bridgehead atoms. The van der Waals surface area contributed by atoms with Gasteiger partial charge in [0.05, 0.1) is 10.5 Å². The van der Waals surface area contributed by atoms with Gasteiger partial charge >= 0.3 is 0 Å². The molecule has 0 unspecified atom stereocenters. The van der Waals surface area contributed by atoms with Crippen molar-refractivity contribution in [2.45, 2.75) is 52.2 Å². The van der Waals surface area contributed by atoms with E-state index in [1.54, 1.807) is 35.0 Å². The average molecular weight is 605 g/mol. The zero-order valence-corrected chi connectivity index (χ0v) is 23.6. The molecule has 0 aromatic heterocycles. The zero-order chi connectivity index (χ0) is 24.2. The molecule has 1 aromatic rings. The molecule has 0 saturated heterocycles. The van der Waals surface area contributed by atoms with E-state index >= 15 is 0 Å². The molecule has 3 rings (SSSR count). The number of rotatable bonds is 12. The van der Waals surface area contributed by atoms with Gasteiger partial charge in [0, 0.05) is 36.2 Å². The molecular weight excluding hydrogens is 571 g/mol. The number of phenols is 1. The van der Waals surface area contributed by atoms with Gasteiger partial charge in [-0.1, -0.05) is 29.2 Å². The van der Waals surface area contributed by atoms with E-state index in [1.807, 2.05) is 0 Å². The summed E-state index contributed by atoms with van der Waals surface area (Å²) in [6.07, 6.45) is 3.69. The molecule has 1 N–H and O–H groups in total. The molecule has 2 aliphatic heterocycles. The van der Waals surface area contributed by atoms with Crippen LogP contribution in [0.1, 0.15) is 56.0 Å². The number of ketones is 1. The molecule has 9 heteroatoms. The molecule has 0 fully saturated rings. The van der Waals surface area contributed by atoms with Crippen molar-refractivity contribution in [2.24, 2.45) is 0 Å². The van der Waals surface area contributed by atoms with Gasteiger partial charge in [-0.25, -0.2) is 0 Å². The van der Waals surface area contributed by atoms with Crippen molar-refractivity contribution < 1.29 is 19.4 Å². The average Bonchev–Trinajstić information content (AvgIpc) is 3.20. The number of benzene rings is 1. The summed E-state index contributed by atoms with van der Waals surface area (Å²) >= 11 is 3.83. The fourth-order valence-electron chi connectivity index (χ4n) is 4.46. The van der Waals surface area contributed by atoms with Crippen LogP contribution in [-0.2, 0) is 11.2 Å². The Labute approximate surface area is 217 Å². The number of halogens is 1. The largest absolute Gasteiger partial charge is 0.508 e. The maximum absolute atomic E-state index is 13.8. The lowest BCUT2D eigenvalue weighted by Crippen LogP contribution is -2.53. The van der Waals surface area contributed by atoms with Gasteiger partial charge in [-0.3, -0.25) is 14.5 Å². The number of hydrogen-bond donors (Lipinski definition) is 1. The van der Waals surface area contributed by atoms with E-state index in [1.165, 1.54) is 16.7 Å². The highest BCUT2D eigenvalue weighted by Crippen LogP contribution is 2.52. The minimum atomic E-state index is -1.46. The first-order valence-electron chi connectivity index (χ1n) is 11.5. The molecular formula is C24H33IN2O4S2. The number of aromatic hydroxyl groups is 1. The predicted octanol–water partition coefficient (Wildman–Crippen LogP) is 5.28. The molecule has 6 nitrogen and oxygen atoms in total. The summed E-state index contributed by atoms with van der Waals surface area (Å²) in [6, 6.07) is 3.21. The Bertz CT molecular complexity index is 935.